The quantitative estimate of drug-likeness (QED) is 0.216. The molecule has 2 atom stereocenters. The predicted octanol–water partition coefficient (Wildman–Crippen LogP) is 6.96. The number of piperidine rings is 1. The molecule has 1 aliphatic heterocycles. The maximum atomic E-state index is 12.5. The van der Waals surface area contributed by atoms with Crippen molar-refractivity contribution in [2.45, 2.75) is 175 Å². The van der Waals surface area contributed by atoms with Crippen molar-refractivity contribution in [2.75, 3.05) is 0 Å². The topological polar surface area (TPSA) is 96.3 Å². The first-order chi connectivity index (χ1) is 17.4. The number of esters is 2. The number of hydrogen-bond acceptors (Lipinski definition) is 7. The van der Waals surface area contributed by atoms with E-state index in [2.05, 4.69) is 27.7 Å². The standard InChI is InChI=1S/C31H57NO6/c1-28(2)18-17-25(33)29(3,4)20-23(19-28)37-26(34)15-13-11-9-10-12-14-16-27(35)38-24-21-30(5,6)32(36)31(7,8)22-24/h23-25,33,36H,9-22H2,1-8H3. The van der Waals surface area contributed by atoms with Gasteiger partial charge in [0.05, 0.1) is 6.10 Å². The number of carbonyl (C=O) groups excluding carboxylic acids is 2. The molecule has 1 saturated carbocycles. The zero-order chi connectivity index (χ0) is 28.8. The Kier molecular flexibility index (Phi) is 11.7. The van der Waals surface area contributed by atoms with Crippen LogP contribution in [0.25, 0.3) is 0 Å². The lowest BCUT2D eigenvalue weighted by molar-refractivity contribution is -0.259. The molecule has 2 aliphatic rings. The van der Waals surface area contributed by atoms with E-state index in [-0.39, 0.29) is 41.1 Å². The number of hydrogen-bond donors (Lipinski definition) is 2. The van der Waals surface area contributed by atoms with E-state index in [0.29, 0.717) is 32.1 Å². The van der Waals surface area contributed by atoms with Crippen molar-refractivity contribution < 1.29 is 29.4 Å². The van der Waals surface area contributed by atoms with Gasteiger partial charge in [-0.05, 0) is 77.0 Å². The Morgan fingerprint density at radius 3 is 1.61 bits per heavy atom. The highest BCUT2D eigenvalue weighted by Crippen LogP contribution is 2.41. The van der Waals surface area contributed by atoms with Crippen LogP contribution in [0, 0.1) is 10.8 Å². The number of rotatable bonds is 11. The molecule has 0 amide bonds. The molecule has 2 fully saturated rings. The third-order valence-corrected chi connectivity index (χ3v) is 8.74. The SMILES string of the molecule is CC1(C)CCC(O)C(C)(C)CC(OC(=O)CCCCCCCCC(=O)OC2CC(C)(C)N(O)C(C)(C)C2)C1. The number of carbonyl (C=O) groups is 2. The molecule has 0 radical (unpaired) electrons. The monoisotopic (exact) mass is 539 g/mol. The highest BCUT2D eigenvalue weighted by molar-refractivity contribution is 5.69. The summed E-state index contributed by atoms with van der Waals surface area (Å²) in [7, 11) is 0. The van der Waals surface area contributed by atoms with Crippen molar-refractivity contribution in [3.8, 4) is 0 Å². The number of aliphatic hydroxyl groups excluding tert-OH is 1. The fraction of sp³-hybridized carbons (Fsp3) is 0.935. The smallest absolute Gasteiger partial charge is 0.306 e. The van der Waals surface area contributed by atoms with Crippen LogP contribution in [0.2, 0.25) is 0 Å². The largest absolute Gasteiger partial charge is 0.462 e. The third-order valence-electron chi connectivity index (χ3n) is 8.74. The fourth-order valence-corrected chi connectivity index (χ4v) is 6.51. The van der Waals surface area contributed by atoms with Crippen molar-refractivity contribution in [3.05, 3.63) is 0 Å². The van der Waals surface area contributed by atoms with Crippen molar-refractivity contribution in [3.63, 3.8) is 0 Å². The van der Waals surface area contributed by atoms with Crippen LogP contribution in [0.5, 0.6) is 0 Å². The van der Waals surface area contributed by atoms with Crippen molar-refractivity contribution in [1.82, 2.24) is 5.06 Å². The van der Waals surface area contributed by atoms with Gasteiger partial charge in [-0.2, -0.15) is 5.06 Å². The zero-order valence-corrected chi connectivity index (χ0v) is 25.6. The Bertz CT molecular complexity index is 756. The summed E-state index contributed by atoms with van der Waals surface area (Å²) in [6.07, 6.45) is 10.3. The predicted molar refractivity (Wildman–Crippen MR) is 150 cm³/mol. The average molecular weight is 540 g/mol. The highest BCUT2D eigenvalue weighted by atomic mass is 16.6. The Morgan fingerprint density at radius 2 is 1.13 bits per heavy atom. The number of ether oxygens (including phenoxy) is 2. The highest BCUT2D eigenvalue weighted by Gasteiger charge is 2.46. The van der Waals surface area contributed by atoms with Crippen LogP contribution in [0.1, 0.15) is 145 Å². The van der Waals surface area contributed by atoms with Crippen LogP contribution < -0.4 is 0 Å². The average Bonchev–Trinajstić information content (AvgIpc) is 2.76. The number of nitrogens with zero attached hydrogens (tertiary/aromatic N) is 1. The van der Waals surface area contributed by atoms with E-state index in [1.54, 1.807) is 0 Å². The van der Waals surface area contributed by atoms with E-state index in [9.17, 15) is 19.9 Å². The minimum atomic E-state index is -0.427. The number of unbranched alkanes of at least 4 members (excludes halogenated alkanes) is 5. The normalized spacial score (nSPS) is 27.2. The minimum absolute atomic E-state index is 0.0546. The lowest BCUT2D eigenvalue weighted by Gasteiger charge is -2.50. The summed E-state index contributed by atoms with van der Waals surface area (Å²) in [5.74, 6) is -0.276. The van der Waals surface area contributed by atoms with Crippen molar-refractivity contribution in [1.29, 1.82) is 0 Å². The van der Waals surface area contributed by atoms with Gasteiger partial charge in [0.2, 0.25) is 0 Å². The van der Waals surface area contributed by atoms with E-state index in [0.717, 1.165) is 57.8 Å². The van der Waals surface area contributed by atoms with Gasteiger partial charge in [0.25, 0.3) is 0 Å². The molecule has 0 spiro atoms. The Morgan fingerprint density at radius 1 is 0.711 bits per heavy atom. The molecule has 2 N–H and O–H groups in total. The second-order valence-corrected chi connectivity index (χ2v) is 14.8. The molecule has 1 heterocycles. The summed E-state index contributed by atoms with van der Waals surface area (Å²) < 4.78 is 11.6. The summed E-state index contributed by atoms with van der Waals surface area (Å²) in [6.45, 7) is 16.4. The van der Waals surface area contributed by atoms with Gasteiger partial charge >= 0.3 is 11.9 Å². The molecule has 2 rings (SSSR count). The molecule has 0 aromatic heterocycles. The Balaban J connectivity index is 1.58. The summed E-state index contributed by atoms with van der Waals surface area (Å²) in [5.41, 5.74) is -1.05. The molecule has 0 aromatic carbocycles. The van der Waals surface area contributed by atoms with E-state index in [1.807, 2.05) is 27.7 Å². The first kappa shape index (κ1) is 33.0. The maximum absolute atomic E-state index is 12.5. The van der Waals surface area contributed by atoms with Crippen LogP contribution in [-0.4, -0.2) is 56.7 Å². The fourth-order valence-electron chi connectivity index (χ4n) is 6.51. The van der Waals surface area contributed by atoms with E-state index < -0.39 is 11.1 Å². The van der Waals surface area contributed by atoms with Crippen molar-refractivity contribution in [2.24, 2.45) is 10.8 Å². The molecular weight excluding hydrogens is 482 g/mol. The van der Waals surface area contributed by atoms with Gasteiger partial charge in [-0.15, -0.1) is 0 Å². The van der Waals surface area contributed by atoms with Crippen LogP contribution in [-0.2, 0) is 19.1 Å². The molecule has 0 bridgehead atoms. The van der Waals surface area contributed by atoms with Gasteiger partial charge in [-0.3, -0.25) is 9.59 Å². The maximum Gasteiger partial charge on any atom is 0.306 e. The zero-order valence-electron chi connectivity index (χ0n) is 25.6. The molecule has 1 aliphatic carbocycles. The van der Waals surface area contributed by atoms with E-state index in [4.69, 9.17) is 9.47 Å². The molecule has 2 unspecified atom stereocenters. The van der Waals surface area contributed by atoms with Crippen LogP contribution in [0.15, 0.2) is 0 Å². The molecule has 0 aromatic rings. The summed E-state index contributed by atoms with van der Waals surface area (Å²) >= 11 is 0. The first-order valence-electron chi connectivity index (χ1n) is 15.0. The van der Waals surface area contributed by atoms with Gasteiger partial charge in [0.1, 0.15) is 12.2 Å². The minimum Gasteiger partial charge on any atom is -0.462 e. The van der Waals surface area contributed by atoms with Gasteiger partial charge in [0.15, 0.2) is 0 Å². The van der Waals surface area contributed by atoms with Crippen LogP contribution in [0.3, 0.4) is 0 Å². The Hall–Kier alpha value is -1.18. The van der Waals surface area contributed by atoms with Gasteiger partial charge in [0, 0.05) is 36.8 Å². The van der Waals surface area contributed by atoms with E-state index in [1.165, 1.54) is 5.06 Å². The van der Waals surface area contributed by atoms with Gasteiger partial charge in [-0.25, -0.2) is 0 Å². The summed E-state index contributed by atoms with van der Waals surface area (Å²) in [4.78, 5) is 24.9. The lowest BCUT2D eigenvalue weighted by atomic mass is 9.70. The molecule has 7 heteroatoms. The molecule has 7 nitrogen and oxygen atoms in total. The van der Waals surface area contributed by atoms with Crippen LogP contribution >= 0.6 is 0 Å². The van der Waals surface area contributed by atoms with E-state index >= 15 is 0 Å². The second kappa shape index (κ2) is 13.5. The van der Waals surface area contributed by atoms with Gasteiger partial charge in [-0.1, -0.05) is 53.4 Å². The summed E-state index contributed by atoms with van der Waals surface area (Å²) in [6, 6.07) is 0. The number of aliphatic hydroxyl groups is 1. The molecule has 1 saturated heterocycles. The lowest BCUT2D eigenvalue weighted by Crippen LogP contribution is -2.60. The Labute approximate surface area is 232 Å². The molecular formula is C31H57NO6. The number of hydroxylamine groups is 2. The third kappa shape index (κ3) is 10.4. The van der Waals surface area contributed by atoms with Crippen LogP contribution in [0.4, 0.5) is 0 Å². The molecule has 222 valence electrons. The van der Waals surface area contributed by atoms with Crippen molar-refractivity contribution >= 4 is 11.9 Å². The molecule has 38 heavy (non-hydrogen) atoms. The van der Waals surface area contributed by atoms with Gasteiger partial charge < -0.3 is 19.8 Å². The second-order valence-electron chi connectivity index (χ2n) is 14.8. The summed E-state index contributed by atoms with van der Waals surface area (Å²) in [5, 5.41) is 22.4. The first-order valence-corrected chi connectivity index (χ1v) is 15.0.